The Bertz CT molecular complexity index is 190. The quantitative estimate of drug-likeness (QED) is 0.398. The van der Waals surface area contributed by atoms with Crippen LogP contribution in [0.15, 0.2) is 0 Å². The highest BCUT2D eigenvalue weighted by Crippen LogP contribution is 2.30. The Morgan fingerprint density at radius 3 is 2.40 bits per heavy atom. The van der Waals surface area contributed by atoms with E-state index in [0.717, 1.165) is 6.42 Å². The molecular formula is C6H9N3O. The molecule has 1 saturated carbocycles. The molecule has 0 heterocycles. The maximum atomic E-state index is 10.7. The first-order chi connectivity index (χ1) is 4.71. The average molecular weight is 139 g/mol. The smallest absolute Gasteiger partial charge is 0.243 e. The number of nitriles is 1. The Kier molecular flexibility index (Phi) is 1.50. The van der Waals surface area contributed by atoms with Gasteiger partial charge in [-0.2, -0.15) is 5.26 Å². The summed E-state index contributed by atoms with van der Waals surface area (Å²) in [6, 6.07) is 0. The van der Waals surface area contributed by atoms with E-state index < -0.39 is 11.4 Å². The molecule has 0 atom stereocenters. The Morgan fingerprint density at radius 1 is 1.70 bits per heavy atom. The van der Waals surface area contributed by atoms with Crippen LogP contribution in [-0.4, -0.2) is 11.4 Å². The predicted octanol–water partition coefficient (Wildman–Crippen LogP) is -0.535. The lowest BCUT2D eigenvalue weighted by atomic mass is 9.76. The van der Waals surface area contributed by atoms with Gasteiger partial charge in [-0.05, 0) is 19.3 Å². The van der Waals surface area contributed by atoms with E-state index in [1.165, 1.54) is 0 Å². The van der Waals surface area contributed by atoms with Crippen LogP contribution < -0.4 is 11.1 Å². The van der Waals surface area contributed by atoms with E-state index in [4.69, 9.17) is 11.0 Å². The molecule has 54 valence electrons. The zero-order valence-electron chi connectivity index (χ0n) is 5.55. The van der Waals surface area contributed by atoms with Gasteiger partial charge in [0.2, 0.25) is 5.91 Å². The second-order valence-corrected chi connectivity index (χ2v) is 2.54. The molecule has 1 fully saturated rings. The van der Waals surface area contributed by atoms with Gasteiger partial charge in [-0.1, -0.05) is 0 Å². The van der Waals surface area contributed by atoms with Gasteiger partial charge in [0.05, 0.1) is 0 Å². The van der Waals surface area contributed by atoms with Gasteiger partial charge in [-0.15, -0.1) is 0 Å². The molecule has 4 heteroatoms. The molecule has 10 heavy (non-hydrogen) atoms. The van der Waals surface area contributed by atoms with Gasteiger partial charge in [0.1, 0.15) is 5.54 Å². The molecule has 1 aliphatic rings. The highest BCUT2D eigenvalue weighted by atomic mass is 16.1. The van der Waals surface area contributed by atoms with E-state index in [-0.39, 0.29) is 0 Å². The summed E-state index contributed by atoms with van der Waals surface area (Å²) in [4.78, 5) is 10.7. The SMILES string of the molecule is N#CNC1(C(N)=O)CCC1. The standard InChI is InChI=1S/C6H9N3O/c7-4-9-6(5(8)10)2-1-3-6/h9H,1-3H2,(H2,8,10). The second kappa shape index (κ2) is 2.18. The number of primary amides is 1. The third-order valence-corrected chi connectivity index (χ3v) is 1.97. The van der Waals surface area contributed by atoms with Crippen molar-refractivity contribution in [3.63, 3.8) is 0 Å². The van der Waals surface area contributed by atoms with Crippen LogP contribution in [0.4, 0.5) is 0 Å². The monoisotopic (exact) mass is 139 g/mol. The average Bonchev–Trinajstić information content (AvgIpc) is 1.77. The summed E-state index contributed by atoms with van der Waals surface area (Å²) in [6.07, 6.45) is 4.09. The summed E-state index contributed by atoms with van der Waals surface area (Å²) >= 11 is 0. The largest absolute Gasteiger partial charge is 0.368 e. The number of rotatable bonds is 2. The number of carbonyl (C=O) groups is 1. The van der Waals surface area contributed by atoms with E-state index in [2.05, 4.69) is 5.32 Å². The second-order valence-electron chi connectivity index (χ2n) is 2.54. The van der Waals surface area contributed by atoms with Crippen molar-refractivity contribution in [1.29, 1.82) is 5.26 Å². The molecule has 0 aromatic rings. The van der Waals surface area contributed by atoms with Crippen LogP contribution in [0.25, 0.3) is 0 Å². The van der Waals surface area contributed by atoms with Gasteiger partial charge < -0.3 is 11.1 Å². The van der Waals surface area contributed by atoms with Crippen molar-refractivity contribution in [2.24, 2.45) is 5.73 Å². The molecule has 0 spiro atoms. The summed E-state index contributed by atoms with van der Waals surface area (Å²) in [5.41, 5.74) is 4.37. The number of amides is 1. The zero-order valence-corrected chi connectivity index (χ0v) is 5.55. The number of nitrogens with two attached hydrogens (primary N) is 1. The Hall–Kier alpha value is -1.24. The van der Waals surface area contributed by atoms with Gasteiger partial charge in [-0.3, -0.25) is 4.79 Å². The molecule has 0 aromatic heterocycles. The first kappa shape index (κ1) is 6.87. The molecule has 0 radical (unpaired) electrons. The molecule has 0 unspecified atom stereocenters. The fourth-order valence-corrected chi connectivity index (χ4v) is 1.07. The highest BCUT2D eigenvalue weighted by Gasteiger charge is 2.42. The normalized spacial score (nSPS) is 20.3. The van der Waals surface area contributed by atoms with E-state index >= 15 is 0 Å². The minimum atomic E-state index is -0.700. The lowest BCUT2D eigenvalue weighted by Gasteiger charge is -2.37. The number of nitrogens with one attached hydrogen (secondary N) is 1. The van der Waals surface area contributed by atoms with E-state index in [0.29, 0.717) is 12.8 Å². The first-order valence-electron chi connectivity index (χ1n) is 3.17. The minimum Gasteiger partial charge on any atom is -0.368 e. The van der Waals surface area contributed by atoms with E-state index in [9.17, 15) is 4.79 Å². The van der Waals surface area contributed by atoms with E-state index in [1.807, 2.05) is 0 Å². The number of nitrogens with zero attached hydrogens (tertiary/aromatic N) is 1. The molecule has 0 aromatic carbocycles. The fourth-order valence-electron chi connectivity index (χ4n) is 1.07. The molecule has 3 N–H and O–H groups in total. The third kappa shape index (κ3) is 0.798. The third-order valence-electron chi connectivity index (χ3n) is 1.97. The highest BCUT2D eigenvalue weighted by molar-refractivity contribution is 5.85. The molecule has 0 aliphatic heterocycles. The number of hydrogen-bond acceptors (Lipinski definition) is 3. The van der Waals surface area contributed by atoms with Crippen LogP contribution in [0.1, 0.15) is 19.3 Å². The maximum Gasteiger partial charge on any atom is 0.243 e. The fraction of sp³-hybridized carbons (Fsp3) is 0.667. The van der Waals surface area contributed by atoms with Crippen LogP contribution >= 0.6 is 0 Å². The summed E-state index contributed by atoms with van der Waals surface area (Å²) in [6.45, 7) is 0. The predicted molar refractivity (Wildman–Crippen MR) is 34.5 cm³/mol. The summed E-state index contributed by atoms with van der Waals surface area (Å²) in [5, 5.41) is 10.7. The Morgan fingerprint density at radius 2 is 2.30 bits per heavy atom. The van der Waals surface area contributed by atoms with Gasteiger partial charge in [0.25, 0.3) is 0 Å². The summed E-state index contributed by atoms with van der Waals surface area (Å²) in [7, 11) is 0. The van der Waals surface area contributed by atoms with Gasteiger partial charge in [-0.25, -0.2) is 0 Å². The van der Waals surface area contributed by atoms with Gasteiger partial charge in [0.15, 0.2) is 6.19 Å². The molecule has 1 amide bonds. The summed E-state index contributed by atoms with van der Waals surface area (Å²) < 4.78 is 0. The molecular weight excluding hydrogens is 130 g/mol. The zero-order chi connectivity index (χ0) is 7.61. The van der Waals surface area contributed by atoms with Gasteiger partial charge >= 0.3 is 0 Å². The molecule has 0 saturated heterocycles. The van der Waals surface area contributed by atoms with Crippen molar-refractivity contribution in [1.82, 2.24) is 5.32 Å². The van der Waals surface area contributed by atoms with Crippen LogP contribution in [0.5, 0.6) is 0 Å². The topological polar surface area (TPSA) is 78.9 Å². The first-order valence-corrected chi connectivity index (χ1v) is 3.17. The van der Waals surface area contributed by atoms with Gasteiger partial charge in [0, 0.05) is 0 Å². The molecule has 0 bridgehead atoms. The van der Waals surface area contributed by atoms with Crippen molar-refractivity contribution in [2.45, 2.75) is 24.8 Å². The number of carbonyl (C=O) groups excluding carboxylic acids is 1. The Balaban J connectivity index is 2.61. The summed E-state index contributed by atoms with van der Waals surface area (Å²) in [5.74, 6) is -0.416. The number of hydrogen-bond donors (Lipinski definition) is 2. The van der Waals surface area contributed by atoms with Crippen molar-refractivity contribution in [3.05, 3.63) is 0 Å². The Labute approximate surface area is 59.0 Å². The van der Waals surface area contributed by atoms with Crippen LogP contribution in [0.3, 0.4) is 0 Å². The van der Waals surface area contributed by atoms with Crippen molar-refractivity contribution in [3.8, 4) is 6.19 Å². The lowest BCUT2D eigenvalue weighted by molar-refractivity contribution is -0.127. The van der Waals surface area contributed by atoms with E-state index in [1.54, 1.807) is 6.19 Å². The van der Waals surface area contributed by atoms with Crippen molar-refractivity contribution >= 4 is 5.91 Å². The molecule has 1 aliphatic carbocycles. The lowest BCUT2D eigenvalue weighted by Crippen LogP contribution is -2.58. The maximum absolute atomic E-state index is 10.7. The van der Waals surface area contributed by atoms with Crippen LogP contribution in [0.2, 0.25) is 0 Å². The molecule has 1 rings (SSSR count). The van der Waals surface area contributed by atoms with Crippen LogP contribution in [0, 0.1) is 11.5 Å². The van der Waals surface area contributed by atoms with Crippen molar-refractivity contribution in [2.75, 3.05) is 0 Å². The minimum absolute atomic E-state index is 0.416. The van der Waals surface area contributed by atoms with Crippen LogP contribution in [-0.2, 0) is 4.79 Å². The molecule has 4 nitrogen and oxygen atoms in total. The van der Waals surface area contributed by atoms with Crippen molar-refractivity contribution < 1.29 is 4.79 Å².